The molecule has 0 saturated carbocycles. The molecule has 0 radical (unpaired) electrons. The Labute approximate surface area is 136 Å². The van der Waals surface area contributed by atoms with E-state index >= 15 is 0 Å². The monoisotopic (exact) mass is 316 g/mol. The summed E-state index contributed by atoms with van der Waals surface area (Å²) >= 11 is 0. The number of hydrogen-bond donors (Lipinski definition) is 3. The largest absolute Gasteiger partial charge is 0.481 e. The van der Waals surface area contributed by atoms with Crippen LogP contribution < -0.4 is 5.32 Å². The van der Waals surface area contributed by atoms with Gasteiger partial charge in [-0.2, -0.15) is 0 Å². The lowest BCUT2D eigenvalue weighted by Crippen LogP contribution is -2.42. The van der Waals surface area contributed by atoms with Crippen LogP contribution in [0.4, 0.5) is 0 Å². The predicted molar refractivity (Wildman–Crippen MR) is 90.4 cm³/mol. The van der Waals surface area contributed by atoms with Crippen molar-refractivity contribution in [1.82, 2.24) is 10.3 Å². The molecule has 0 unspecified atom stereocenters. The number of aromatic nitrogens is 1. The number of carbonyl (C=O) groups is 2. The number of aliphatic carboxylic acids is 1. The molecule has 1 heterocycles. The maximum atomic E-state index is 12.2. The van der Waals surface area contributed by atoms with Gasteiger partial charge in [0.25, 0.3) is 0 Å². The topological polar surface area (TPSA) is 82.2 Å². The molecule has 0 fully saturated rings. The Morgan fingerprint density at radius 3 is 2.57 bits per heavy atom. The third-order valence-corrected chi connectivity index (χ3v) is 4.78. The number of benzene rings is 1. The molecule has 3 N–H and O–H groups in total. The highest BCUT2D eigenvalue weighted by Gasteiger charge is 2.35. The van der Waals surface area contributed by atoms with Gasteiger partial charge in [0.05, 0.1) is 11.8 Å². The average Bonchev–Trinajstić information content (AvgIpc) is 2.93. The van der Waals surface area contributed by atoms with Crippen molar-refractivity contribution >= 4 is 22.8 Å². The number of aromatic amines is 1. The minimum atomic E-state index is -0.883. The van der Waals surface area contributed by atoms with Crippen LogP contribution in [0, 0.1) is 12.3 Å². The number of H-pyrrole nitrogens is 1. The molecule has 2 rings (SSSR count). The summed E-state index contributed by atoms with van der Waals surface area (Å²) in [5.74, 6) is -1.01. The molecule has 1 amide bonds. The summed E-state index contributed by atoms with van der Waals surface area (Å²) in [5, 5.41) is 13.3. The summed E-state index contributed by atoms with van der Waals surface area (Å²) in [7, 11) is 0. The molecule has 5 nitrogen and oxygen atoms in total. The lowest BCUT2D eigenvalue weighted by molar-refractivity contribution is -0.149. The number of amides is 1. The van der Waals surface area contributed by atoms with E-state index in [1.807, 2.05) is 45.2 Å². The van der Waals surface area contributed by atoms with Crippen LogP contribution in [0.15, 0.2) is 24.4 Å². The first-order valence-corrected chi connectivity index (χ1v) is 7.99. The molecule has 23 heavy (non-hydrogen) atoms. The third kappa shape index (κ3) is 3.38. The molecular weight excluding hydrogens is 292 g/mol. The number of carboxylic acids is 1. The zero-order valence-electron chi connectivity index (χ0n) is 13.9. The summed E-state index contributed by atoms with van der Waals surface area (Å²) in [5.41, 5.74) is 2.18. The van der Waals surface area contributed by atoms with Crippen molar-refractivity contribution in [3.05, 3.63) is 35.5 Å². The van der Waals surface area contributed by atoms with E-state index in [-0.39, 0.29) is 18.9 Å². The molecule has 124 valence electrons. The van der Waals surface area contributed by atoms with E-state index in [0.29, 0.717) is 12.8 Å². The van der Waals surface area contributed by atoms with Crippen LogP contribution >= 0.6 is 0 Å². The predicted octanol–water partition coefficient (Wildman–Crippen LogP) is 3.03. The molecule has 0 aliphatic rings. The Hall–Kier alpha value is -2.30. The van der Waals surface area contributed by atoms with Crippen molar-refractivity contribution in [3.63, 3.8) is 0 Å². The quantitative estimate of drug-likeness (QED) is 0.734. The van der Waals surface area contributed by atoms with Gasteiger partial charge in [0.1, 0.15) is 0 Å². The fourth-order valence-electron chi connectivity index (χ4n) is 2.97. The standard InChI is InChI=1S/C18H24N2O3/c1-4-18(5-2,17(22)23)11-20-15(21)9-13-10-19-14-8-6-7-12(3)16(13)14/h6-8,10,19H,4-5,9,11H2,1-3H3,(H,20,21)(H,22,23). The van der Waals surface area contributed by atoms with Crippen molar-refractivity contribution in [2.45, 2.75) is 40.0 Å². The summed E-state index contributed by atoms with van der Waals surface area (Å²) in [4.78, 5) is 26.9. The Balaban J connectivity index is 2.09. The van der Waals surface area contributed by atoms with Gasteiger partial charge in [0.2, 0.25) is 5.91 Å². The highest BCUT2D eigenvalue weighted by Crippen LogP contribution is 2.26. The summed E-state index contributed by atoms with van der Waals surface area (Å²) < 4.78 is 0. The molecule has 0 bridgehead atoms. The molecule has 5 heteroatoms. The van der Waals surface area contributed by atoms with Crippen molar-refractivity contribution in [1.29, 1.82) is 0 Å². The number of aryl methyl sites for hydroxylation is 1. The van der Waals surface area contributed by atoms with E-state index in [4.69, 9.17) is 0 Å². The Morgan fingerprint density at radius 1 is 1.26 bits per heavy atom. The van der Waals surface area contributed by atoms with E-state index in [9.17, 15) is 14.7 Å². The molecule has 0 saturated heterocycles. The van der Waals surface area contributed by atoms with Gasteiger partial charge >= 0.3 is 5.97 Å². The lowest BCUT2D eigenvalue weighted by atomic mass is 9.82. The van der Waals surface area contributed by atoms with E-state index in [0.717, 1.165) is 22.0 Å². The number of rotatable bonds is 7. The molecule has 1 aromatic carbocycles. The van der Waals surface area contributed by atoms with E-state index in [1.165, 1.54) is 0 Å². The van der Waals surface area contributed by atoms with Crippen LogP contribution in [0.5, 0.6) is 0 Å². The second kappa shape index (κ2) is 6.86. The summed E-state index contributed by atoms with van der Waals surface area (Å²) in [6.07, 6.45) is 3.08. The van der Waals surface area contributed by atoms with Gasteiger partial charge in [0, 0.05) is 23.6 Å². The Kier molecular flexibility index (Phi) is 5.08. The van der Waals surface area contributed by atoms with Crippen LogP contribution in [0.2, 0.25) is 0 Å². The second-order valence-electron chi connectivity index (χ2n) is 6.06. The fraction of sp³-hybridized carbons (Fsp3) is 0.444. The number of fused-ring (bicyclic) bond motifs is 1. The Morgan fingerprint density at radius 2 is 1.96 bits per heavy atom. The number of carbonyl (C=O) groups excluding carboxylic acids is 1. The number of nitrogens with one attached hydrogen (secondary N) is 2. The molecule has 0 aliphatic heterocycles. The highest BCUT2D eigenvalue weighted by atomic mass is 16.4. The molecule has 0 atom stereocenters. The maximum absolute atomic E-state index is 12.2. The van der Waals surface area contributed by atoms with E-state index < -0.39 is 11.4 Å². The van der Waals surface area contributed by atoms with Crippen LogP contribution in [0.3, 0.4) is 0 Å². The van der Waals surface area contributed by atoms with Crippen molar-refractivity contribution in [2.75, 3.05) is 6.54 Å². The first-order chi connectivity index (χ1) is 10.9. The molecular formula is C18H24N2O3. The molecule has 0 spiro atoms. The van der Waals surface area contributed by atoms with Crippen LogP contribution in [0.25, 0.3) is 10.9 Å². The first-order valence-electron chi connectivity index (χ1n) is 7.99. The van der Waals surface area contributed by atoms with Gasteiger partial charge < -0.3 is 15.4 Å². The lowest BCUT2D eigenvalue weighted by Gasteiger charge is -2.26. The fourth-order valence-corrected chi connectivity index (χ4v) is 2.97. The molecule has 2 aromatic rings. The van der Waals surface area contributed by atoms with Gasteiger partial charge in [-0.25, -0.2) is 0 Å². The average molecular weight is 316 g/mol. The summed E-state index contributed by atoms with van der Waals surface area (Å²) in [6, 6.07) is 5.97. The first kappa shape index (κ1) is 17.1. The minimum Gasteiger partial charge on any atom is -0.481 e. The second-order valence-corrected chi connectivity index (χ2v) is 6.06. The van der Waals surface area contributed by atoms with Crippen molar-refractivity contribution in [2.24, 2.45) is 5.41 Å². The van der Waals surface area contributed by atoms with Crippen LogP contribution in [-0.4, -0.2) is 28.5 Å². The van der Waals surface area contributed by atoms with Gasteiger partial charge in [-0.15, -0.1) is 0 Å². The van der Waals surface area contributed by atoms with Gasteiger partial charge in [-0.3, -0.25) is 9.59 Å². The molecule has 1 aromatic heterocycles. The number of hydrogen-bond acceptors (Lipinski definition) is 2. The van der Waals surface area contributed by atoms with Gasteiger partial charge in [-0.1, -0.05) is 26.0 Å². The van der Waals surface area contributed by atoms with Gasteiger partial charge in [0.15, 0.2) is 0 Å². The van der Waals surface area contributed by atoms with Crippen LogP contribution in [-0.2, 0) is 16.0 Å². The normalized spacial score (nSPS) is 11.6. The maximum Gasteiger partial charge on any atom is 0.311 e. The Bertz CT molecular complexity index is 714. The van der Waals surface area contributed by atoms with Crippen LogP contribution in [0.1, 0.15) is 37.8 Å². The SMILES string of the molecule is CCC(CC)(CNC(=O)Cc1c[nH]c2cccc(C)c12)C(=O)O. The zero-order chi connectivity index (χ0) is 17.0. The third-order valence-electron chi connectivity index (χ3n) is 4.78. The highest BCUT2D eigenvalue weighted by molar-refractivity contribution is 5.91. The number of carboxylic acid groups (broad SMARTS) is 1. The zero-order valence-corrected chi connectivity index (χ0v) is 13.9. The smallest absolute Gasteiger partial charge is 0.311 e. The summed E-state index contributed by atoms with van der Waals surface area (Å²) in [6.45, 7) is 5.86. The van der Waals surface area contributed by atoms with E-state index in [2.05, 4.69) is 10.3 Å². The van der Waals surface area contributed by atoms with E-state index in [1.54, 1.807) is 0 Å². The van der Waals surface area contributed by atoms with Crippen molar-refractivity contribution < 1.29 is 14.7 Å². The van der Waals surface area contributed by atoms with Gasteiger partial charge in [-0.05, 0) is 37.0 Å². The van der Waals surface area contributed by atoms with Crippen molar-refractivity contribution in [3.8, 4) is 0 Å². The molecule has 0 aliphatic carbocycles. The minimum absolute atomic E-state index is 0.151.